The van der Waals surface area contributed by atoms with E-state index in [0.717, 1.165) is 41.8 Å². The van der Waals surface area contributed by atoms with Crippen LogP contribution in [0.3, 0.4) is 0 Å². The third-order valence-electron chi connectivity index (χ3n) is 5.67. The third kappa shape index (κ3) is 4.38. The normalized spacial score (nSPS) is 15.1. The van der Waals surface area contributed by atoms with E-state index in [4.69, 9.17) is 4.52 Å². The van der Waals surface area contributed by atoms with E-state index in [1.54, 1.807) is 0 Å². The molecular weight excluding hydrogens is 400 g/mol. The quantitative estimate of drug-likeness (QED) is 0.621. The van der Waals surface area contributed by atoms with Crippen molar-refractivity contribution in [1.29, 1.82) is 0 Å². The Bertz CT molecular complexity index is 1080. The van der Waals surface area contributed by atoms with Crippen molar-refractivity contribution >= 4 is 17.2 Å². The summed E-state index contributed by atoms with van der Waals surface area (Å²) in [4.78, 5) is 26.3. The van der Waals surface area contributed by atoms with Gasteiger partial charge in [-0.1, -0.05) is 36.9 Å². The SMILES string of the molecule is Cc1noc(-c2cc(=O)n(CC(=O)NC3CCCCCC3)nc2-c2cccs2)c1C. The smallest absolute Gasteiger partial charge is 0.268 e. The van der Waals surface area contributed by atoms with Gasteiger partial charge in [-0.3, -0.25) is 9.59 Å². The van der Waals surface area contributed by atoms with Crippen LogP contribution in [0.25, 0.3) is 21.9 Å². The van der Waals surface area contributed by atoms with Crippen molar-refractivity contribution in [3.05, 3.63) is 45.2 Å². The fourth-order valence-corrected chi connectivity index (χ4v) is 4.59. The maximum absolute atomic E-state index is 12.8. The molecule has 1 N–H and O–H groups in total. The van der Waals surface area contributed by atoms with E-state index < -0.39 is 0 Å². The van der Waals surface area contributed by atoms with Crippen LogP contribution >= 0.6 is 11.3 Å². The number of amides is 1. The van der Waals surface area contributed by atoms with Crippen molar-refractivity contribution in [3.63, 3.8) is 0 Å². The van der Waals surface area contributed by atoms with Crippen molar-refractivity contribution in [3.8, 4) is 21.9 Å². The molecule has 3 aromatic rings. The Balaban J connectivity index is 1.64. The van der Waals surface area contributed by atoms with Gasteiger partial charge < -0.3 is 9.84 Å². The number of aromatic nitrogens is 3. The molecule has 0 unspecified atom stereocenters. The number of hydrogen-bond acceptors (Lipinski definition) is 6. The molecule has 3 heterocycles. The van der Waals surface area contributed by atoms with Gasteiger partial charge in [0.2, 0.25) is 5.91 Å². The molecule has 0 bridgehead atoms. The summed E-state index contributed by atoms with van der Waals surface area (Å²) < 4.78 is 6.73. The van der Waals surface area contributed by atoms with E-state index in [9.17, 15) is 9.59 Å². The molecule has 1 amide bonds. The zero-order chi connectivity index (χ0) is 21.1. The predicted octanol–water partition coefficient (Wildman–Crippen LogP) is 4.08. The lowest BCUT2D eigenvalue weighted by Crippen LogP contribution is -2.39. The van der Waals surface area contributed by atoms with E-state index >= 15 is 0 Å². The lowest BCUT2D eigenvalue weighted by molar-refractivity contribution is -0.122. The van der Waals surface area contributed by atoms with Gasteiger partial charge in [0.25, 0.3) is 5.56 Å². The fourth-order valence-electron chi connectivity index (χ4n) is 3.87. The highest BCUT2D eigenvalue weighted by atomic mass is 32.1. The standard InChI is InChI=1S/C22H26N4O3S/c1-14-15(2)25-29-22(14)17-12-20(28)26(24-21(17)18-10-7-11-30-18)13-19(27)23-16-8-5-3-4-6-9-16/h7,10-12,16H,3-6,8-9,13H2,1-2H3,(H,23,27). The molecule has 0 radical (unpaired) electrons. The van der Waals surface area contributed by atoms with Crippen molar-refractivity contribution in [1.82, 2.24) is 20.3 Å². The molecule has 0 spiro atoms. The Labute approximate surface area is 179 Å². The highest BCUT2D eigenvalue weighted by Crippen LogP contribution is 2.34. The summed E-state index contributed by atoms with van der Waals surface area (Å²) in [5.41, 5.74) is 2.52. The van der Waals surface area contributed by atoms with Crippen molar-refractivity contribution in [2.45, 2.75) is 65.0 Å². The van der Waals surface area contributed by atoms with Gasteiger partial charge in [-0.15, -0.1) is 11.3 Å². The number of carbonyl (C=O) groups excluding carboxylic acids is 1. The van der Waals surface area contributed by atoms with Crippen LogP contribution in [-0.2, 0) is 11.3 Å². The highest BCUT2D eigenvalue weighted by molar-refractivity contribution is 7.13. The molecule has 30 heavy (non-hydrogen) atoms. The minimum atomic E-state index is -0.338. The second-order valence-corrected chi connectivity index (χ2v) is 8.81. The lowest BCUT2D eigenvalue weighted by atomic mass is 10.1. The zero-order valence-corrected chi connectivity index (χ0v) is 18.1. The minimum absolute atomic E-state index is 0.0948. The van der Waals surface area contributed by atoms with Crippen LogP contribution in [0.2, 0.25) is 0 Å². The van der Waals surface area contributed by atoms with E-state index in [1.165, 1.54) is 34.9 Å². The van der Waals surface area contributed by atoms with E-state index in [0.29, 0.717) is 17.0 Å². The number of thiophene rings is 1. The molecule has 1 aliphatic carbocycles. The Kier molecular flexibility index (Phi) is 6.13. The summed E-state index contributed by atoms with van der Waals surface area (Å²) in [5.74, 6) is 0.364. The van der Waals surface area contributed by atoms with Crippen LogP contribution in [0.1, 0.15) is 49.8 Å². The van der Waals surface area contributed by atoms with Crippen molar-refractivity contribution < 1.29 is 9.32 Å². The largest absolute Gasteiger partial charge is 0.356 e. The molecular formula is C22H26N4O3S. The summed E-state index contributed by atoms with van der Waals surface area (Å²) >= 11 is 1.52. The van der Waals surface area contributed by atoms with Crippen LogP contribution < -0.4 is 10.9 Å². The first-order valence-electron chi connectivity index (χ1n) is 10.4. The third-order valence-corrected chi connectivity index (χ3v) is 6.54. The average Bonchev–Trinajstić information content (AvgIpc) is 3.28. The van der Waals surface area contributed by atoms with E-state index in [2.05, 4.69) is 15.6 Å². The zero-order valence-electron chi connectivity index (χ0n) is 17.3. The first-order chi connectivity index (χ1) is 14.5. The molecule has 8 heteroatoms. The molecule has 3 aromatic heterocycles. The van der Waals surface area contributed by atoms with Gasteiger partial charge in [0, 0.05) is 17.7 Å². The molecule has 1 fully saturated rings. The van der Waals surface area contributed by atoms with Crippen molar-refractivity contribution in [2.24, 2.45) is 0 Å². The second-order valence-electron chi connectivity index (χ2n) is 7.86. The monoisotopic (exact) mass is 426 g/mol. The number of hydrogen-bond donors (Lipinski definition) is 1. The number of aryl methyl sites for hydroxylation is 1. The molecule has 7 nitrogen and oxygen atoms in total. The van der Waals surface area contributed by atoms with Crippen LogP contribution in [0.4, 0.5) is 0 Å². The summed E-state index contributed by atoms with van der Waals surface area (Å²) in [5, 5.41) is 13.6. The van der Waals surface area contributed by atoms with Crippen LogP contribution in [0.5, 0.6) is 0 Å². The van der Waals surface area contributed by atoms with Crippen molar-refractivity contribution in [2.75, 3.05) is 0 Å². The van der Waals surface area contributed by atoms with Gasteiger partial charge >= 0.3 is 0 Å². The summed E-state index contributed by atoms with van der Waals surface area (Å²) in [6.07, 6.45) is 6.71. The van der Waals surface area contributed by atoms with Crippen LogP contribution in [0, 0.1) is 13.8 Å². The Morgan fingerprint density at radius 3 is 2.67 bits per heavy atom. The molecule has 0 aliphatic heterocycles. The molecule has 4 rings (SSSR count). The second kappa shape index (κ2) is 8.95. The maximum atomic E-state index is 12.8. The van der Waals surface area contributed by atoms with Gasteiger partial charge in [-0.2, -0.15) is 5.10 Å². The number of nitrogens with one attached hydrogen (secondary N) is 1. The highest BCUT2D eigenvalue weighted by Gasteiger charge is 2.21. The topological polar surface area (TPSA) is 90.0 Å². The molecule has 158 valence electrons. The van der Waals surface area contributed by atoms with E-state index in [-0.39, 0.29) is 24.1 Å². The maximum Gasteiger partial charge on any atom is 0.268 e. The number of rotatable bonds is 5. The number of nitrogens with zero attached hydrogens (tertiary/aromatic N) is 3. The molecule has 0 saturated heterocycles. The fraction of sp³-hybridized carbons (Fsp3) is 0.455. The Hall–Kier alpha value is -2.74. The summed E-state index contributed by atoms with van der Waals surface area (Å²) in [6.45, 7) is 3.67. The molecule has 1 aliphatic rings. The van der Waals surface area contributed by atoms with Crippen LogP contribution in [-0.4, -0.2) is 26.9 Å². The van der Waals surface area contributed by atoms with Gasteiger partial charge in [0.15, 0.2) is 5.76 Å². The number of carbonyl (C=O) groups is 1. The Morgan fingerprint density at radius 2 is 2.03 bits per heavy atom. The predicted molar refractivity (Wildman–Crippen MR) is 116 cm³/mol. The van der Waals surface area contributed by atoms with Crippen LogP contribution in [0.15, 0.2) is 32.9 Å². The summed E-state index contributed by atoms with van der Waals surface area (Å²) in [6, 6.07) is 5.55. The van der Waals surface area contributed by atoms with Gasteiger partial charge in [0.1, 0.15) is 12.2 Å². The van der Waals surface area contributed by atoms with E-state index in [1.807, 2.05) is 31.4 Å². The first kappa shape index (κ1) is 20.5. The Morgan fingerprint density at radius 1 is 1.27 bits per heavy atom. The average molecular weight is 427 g/mol. The summed E-state index contributed by atoms with van der Waals surface area (Å²) in [7, 11) is 0. The van der Waals surface area contributed by atoms with Gasteiger partial charge in [0.05, 0.1) is 16.1 Å². The van der Waals surface area contributed by atoms with Gasteiger partial charge in [-0.05, 0) is 38.1 Å². The lowest BCUT2D eigenvalue weighted by Gasteiger charge is -2.17. The van der Waals surface area contributed by atoms with Gasteiger partial charge in [-0.25, -0.2) is 4.68 Å². The molecule has 0 atom stereocenters. The first-order valence-corrected chi connectivity index (χ1v) is 11.3. The molecule has 1 saturated carbocycles. The minimum Gasteiger partial charge on any atom is -0.356 e. The molecule has 0 aromatic carbocycles.